The number of carbonyl (C=O) groups excluding carboxylic acids is 2. The van der Waals surface area contributed by atoms with Crippen LogP contribution in [0.1, 0.15) is 31.1 Å². The maximum Gasteiger partial charge on any atom is 0.337 e. The number of nitrogens with zero attached hydrogens (tertiary/aromatic N) is 2. The van der Waals surface area contributed by atoms with Crippen LogP contribution in [0.4, 0.5) is 11.4 Å². The normalized spacial score (nSPS) is 10.0. The van der Waals surface area contributed by atoms with E-state index in [0.717, 1.165) is 11.0 Å². The number of aromatic nitrogens is 4. The first-order valence-corrected chi connectivity index (χ1v) is 11.7. The molecule has 0 fully saturated rings. The maximum atomic E-state index is 11.2. The van der Waals surface area contributed by atoms with Crippen LogP contribution in [-0.2, 0) is 9.47 Å². The van der Waals surface area contributed by atoms with E-state index >= 15 is 0 Å². The van der Waals surface area contributed by atoms with Gasteiger partial charge in [-0.15, -0.1) is 0 Å². The Hall–Kier alpha value is -5.79. The molecule has 0 amide bonds. The van der Waals surface area contributed by atoms with Gasteiger partial charge in [0.1, 0.15) is 0 Å². The number of anilines is 2. The summed E-state index contributed by atoms with van der Waals surface area (Å²) in [5, 5.41) is 8.74. The first kappa shape index (κ1) is 29.8. The van der Waals surface area contributed by atoms with E-state index in [2.05, 4.69) is 29.4 Å². The highest BCUT2D eigenvalue weighted by Gasteiger charge is 2.09. The summed E-state index contributed by atoms with van der Waals surface area (Å²) in [6.45, 7) is 0. The van der Waals surface area contributed by atoms with Crippen molar-refractivity contribution >= 4 is 51.3 Å². The Morgan fingerprint density at radius 1 is 0.659 bits per heavy atom. The Morgan fingerprint density at radius 2 is 1.10 bits per heavy atom. The lowest BCUT2D eigenvalue weighted by Gasteiger charge is -2.02. The summed E-state index contributed by atoms with van der Waals surface area (Å²) in [5.74, 6) is -1.74. The predicted octanol–water partition coefficient (Wildman–Crippen LogP) is 3.27. The lowest BCUT2D eigenvalue weighted by Crippen LogP contribution is -2.03. The number of imidazole rings is 2. The molecule has 14 heteroatoms. The minimum absolute atomic E-state index is 0.226. The lowest BCUT2D eigenvalue weighted by atomic mass is 10.2. The first-order valence-electron chi connectivity index (χ1n) is 11.7. The standard InChI is InChI=1S/C10H10N2O3.C9H8N2O3.C8H10N2O2/c1-14-9(13)6-3-4-7-8(5-6)12-10(11-7)15-2;1-14-9-10-6-3-2-5(8(12)13)4-7(6)11-9;1-12-8(11)5-2-3-6(9)7(10)4-5/h3-5H,1-2H3,(H,11,12);2-4H,1H3,(H,10,11)(H,12,13);2-4H,9-10H2,1H3. The number of carbonyl (C=O) groups is 3. The van der Waals surface area contributed by atoms with Crippen LogP contribution in [0.2, 0.25) is 0 Å². The van der Waals surface area contributed by atoms with Crippen LogP contribution in [-0.4, -0.2) is 71.4 Å². The molecule has 0 atom stereocenters. The maximum absolute atomic E-state index is 11.2. The van der Waals surface area contributed by atoms with Crippen LogP contribution < -0.4 is 20.9 Å². The number of rotatable bonds is 5. The number of aromatic carboxylic acids is 1. The summed E-state index contributed by atoms with van der Waals surface area (Å²) in [6.07, 6.45) is 0. The van der Waals surface area contributed by atoms with Crippen LogP contribution in [0.25, 0.3) is 22.1 Å². The zero-order valence-electron chi connectivity index (χ0n) is 22.6. The van der Waals surface area contributed by atoms with Crippen molar-refractivity contribution in [1.82, 2.24) is 19.9 Å². The SMILES string of the molecule is COC(=O)c1ccc(N)c(N)c1.COC(=O)c1ccc2nc(OC)[nH]c2c1.COc1nc2ccc(C(=O)O)cc2[nH]1. The molecule has 5 rings (SSSR count). The van der Waals surface area contributed by atoms with Gasteiger partial charge in [-0.3, -0.25) is 0 Å². The molecule has 7 N–H and O–H groups in total. The Bertz CT molecular complexity index is 1690. The third-order valence-corrected chi connectivity index (χ3v) is 5.48. The van der Waals surface area contributed by atoms with Crippen LogP contribution in [0.5, 0.6) is 12.0 Å². The zero-order chi connectivity index (χ0) is 30.1. The molecule has 14 nitrogen and oxygen atoms in total. The second-order valence-electron chi connectivity index (χ2n) is 8.09. The molecule has 0 saturated carbocycles. The van der Waals surface area contributed by atoms with Crippen molar-refractivity contribution in [3.63, 3.8) is 0 Å². The highest BCUT2D eigenvalue weighted by Crippen LogP contribution is 2.19. The van der Waals surface area contributed by atoms with Crippen molar-refractivity contribution < 1.29 is 38.4 Å². The summed E-state index contributed by atoms with van der Waals surface area (Å²) in [4.78, 5) is 46.8. The minimum Gasteiger partial charge on any atom is -0.478 e. The van der Waals surface area contributed by atoms with E-state index in [1.165, 1.54) is 46.6 Å². The van der Waals surface area contributed by atoms with Gasteiger partial charge in [0.15, 0.2) is 0 Å². The summed E-state index contributed by atoms with van der Waals surface area (Å²) in [5.41, 5.74) is 15.7. The average molecular weight is 565 g/mol. The van der Waals surface area contributed by atoms with E-state index in [1.54, 1.807) is 36.4 Å². The second-order valence-corrected chi connectivity index (χ2v) is 8.09. The molecule has 0 aliphatic rings. The number of aromatic amines is 2. The van der Waals surface area contributed by atoms with Gasteiger partial charge in [0.25, 0.3) is 12.0 Å². The van der Waals surface area contributed by atoms with Crippen LogP contribution in [0.3, 0.4) is 0 Å². The quantitative estimate of drug-likeness (QED) is 0.153. The number of esters is 2. The Morgan fingerprint density at radius 3 is 1.54 bits per heavy atom. The smallest absolute Gasteiger partial charge is 0.337 e. The van der Waals surface area contributed by atoms with Gasteiger partial charge in [0, 0.05) is 0 Å². The third-order valence-electron chi connectivity index (χ3n) is 5.48. The van der Waals surface area contributed by atoms with Crippen molar-refractivity contribution in [2.24, 2.45) is 0 Å². The lowest BCUT2D eigenvalue weighted by molar-refractivity contribution is 0.0592. The van der Waals surface area contributed by atoms with Crippen LogP contribution >= 0.6 is 0 Å². The number of methoxy groups -OCH3 is 4. The molecule has 0 saturated heterocycles. The molecular weight excluding hydrogens is 536 g/mol. The fourth-order valence-corrected chi connectivity index (χ4v) is 3.36. The topological polar surface area (TPSA) is 218 Å². The van der Waals surface area contributed by atoms with Crippen LogP contribution in [0, 0.1) is 0 Å². The van der Waals surface area contributed by atoms with E-state index in [1.807, 2.05) is 0 Å². The van der Waals surface area contributed by atoms with Crippen molar-refractivity contribution in [3.05, 3.63) is 71.3 Å². The van der Waals surface area contributed by atoms with Gasteiger partial charge < -0.3 is 45.5 Å². The molecule has 2 aromatic heterocycles. The number of carboxylic acids is 1. The van der Waals surface area contributed by atoms with E-state index < -0.39 is 11.9 Å². The van der Waals surface area contributed by atoms with Crippen LogP contribution in [0.15, 0.2) is 54.6 Å². The van der Waals surface area contributed by atoms with Crippen molar-refractivity contribution in [2.75, 3.05) is 39.9 Å². The monoisotopic (exact) mass is 564 g/mol. The van der Waals surface area contributed by atoms with E-state index in [0.29, 0.717) is 45.6 Å². The third kappa shape index (κ3) is 7.41. The summed E-state index contributed by atoms with van der Waals surface area (Å²) in [7, 11) is 5.68. The molecule has 2 heterocycles. The fraction of sp³-hybridized carbons (Fsp3) is 0.148. The number of nitrogens with two attached hydrogens (primary N) is 2. The number of H-pyrrole nitrogens is 2. The number of hydrogen-bond donors (Lipinski definition) is 5. The summed E-state index contributed by atoms with van der Waals surface area (Å²) in [6, 6.07) is 15.2. The number of nitrogens with one attached hydrogen (secondary N) is 2. The zero-order valence-corrected chi connectivity index (χ0v) is 22.6. The van der Waals surface area contributed by atoms with Gasteiger partial charge in [0.2, 0.25) is 0 Å². The van der Waals surface area contributed by atoms with Gasteiger partial charge in [-0.05, 0) is 54.6 Å². The highest BCUT2D eigenvalue weighted by atomic mass is 16.5. The molecule has 0 radical (unpaired) electrons. The Balaban J connectivity index is 0.000000170. The number of benzene rings is 3. The molecular formula is C27H28N6O8. The number of fused-ring (bicyclic) bond motifs is 2. The first-order chi connectivity index (χ1) is 19.6. The Labute approximate surface area is 233 Å². The Kier molecular flexibility index (Phi) is 9.67. The van der Waals surface area contributed by atoms with E-state index in [9.17, 15) is 14.4 Å². The fourth-order valence-electron chi connectivity index (χ4n) is 3.36. The van der Waals surface area contributed by atoms with Gasteiger partial charge in [-0.1, -0.05) is 0 Å². The molecule has 0 bridgehead atoms. The molecule has 0 aliphatic carbocycles. The number of ether oxygens (including phenoxy) is 4. The van der Waals surface area contributed by atoms with Gasteiger partial charge in [-0.25, -0.2) is 14.4 Å². The molecule has 214 valence electrons. The molecule has 0 spiro atoms. The summed E-state index contributed by atoms with van der Waals surface area (Å²) < 4.78 is 18.9. The van der Waals surface area contributed by atoms with Crippen molar-refractivity contribution in [3.8, 4) is 12.0 Å². The summed E-state index contributed by atoms with van der Waals surface area (Å²) >= 11 is 0. The molecule has 3 aromatic carbocycles. The van der Waals surface area contributed by atoms with Gasteiger partial charge >= 0.3 is 17.9 Å². The molecule has 0 unspecified atom stereocenters. The largest absolute Gasteiger partial charge is 0.478 e. The van der Waals surface area contributed by atoms with Gasteiger partial charge in [0.05, 0.1) is 78.6 Å². The second kappa shape index (κ2) is 13.3. The predicted molar refractivity (Wildman–Crippen MR) is 150 cm³/mol. The molecule has 5 aromatic rings. The van der Waals surface area contributed by atoms with Crippen molar-refractivity contribution in [1.29, 1.82) is 0 Å². The molecule has 41 heavy (non-hydrogen) atoms. The van der Waals surface area contributed by atoms with Gasteiger partial charge in [-0.2, -0.15) is 9.97 Å². The number of nitrogen functional groups attached to an aromatic ring is 2. The molecule has 0 aliphatic heterocycles. The number of hydrogen-bond acceptors (Lipinski definition) is 11. The minimum atomic E-state index is -0.958. The van der Waals surface area contributed by atoms with E-state index in [4.69, 9.17) is 26.0 Å². The highest BCUT2D eigenvalue weighted by molar-refractivity contribution is 5.94. The number of carboxylic acid groups (broad SMARTS) is 1. The van der Waals surface area contributed by atoms with Crippen molar-refractivity contribution in [2.45, 2.75) is 0 Å². The average Bonchev–Trinajstić information content (AvgIpc) is 3.61. The van der Waals surface area contributed by atoms with E-state index in [-0.39, 0.29) is 11.5 Å².